The number of carbonyl (C=O) groups excluding carboxylic acids is 1. The van der Waals surface area contributed by atoms with Crippen LogP contribution in [-0.4, -0.2) is 32.2 Å². The molecule has 0 spiro atoms. The number of hydrogen-bond acceptors (Lipinski definition) is 4. The van der Waals surface area contributed by atoms with Crippen LogP contribution in [0.25, 0.3) is 0 Å². The Kier molecular flexibility index (Phi) is 1.96. The summed E-state index contributed by atoms with van der Waals surface area (Å²) in [5.74, 6) is 0.642. The van der Waals surface area contributed by atoms with Crippen molar-refractivity contribution in [1.29, 1.82) is 0 Å². The molecule has 0 aliphatic heterocycles. The summed E-state index contributed by atoms with van der Waals surface area (Å²) in [5, 5.41) is 13.7. The van der Waals surface area contributed by atoms with Crippen LogP contribution in [-0.2, 0) is 11.3 Å². The lowest BCUT2D eigenvalue weighted by atomic mass is 10.5. The van der Waals surface area contributed by atoms with E-state index in [9.17, 15) is 4.79 Å². The molecule has 0 atom stereocenters. The molecule has 1 aliphatic rings. The molecular formula is C7H11N5O. The van der Waals surface area contributed by atoms with Gasteiger partial charge in [-0.3, -0.25) is 4.79 Å². The maximum atomic E-state index is 11.3. The van der Waals surface area contributed by atoms with Crippen LogP contribution in [0.1, 0.15) is 18.7 Å². The summed E-state index contributed by atoms with van der Waals surface area (Å²) < 4.78 is 1.48. The van der Waals surface area contributed by atoms with Gasteiger partial charge >= 0.3 is 0 Å². The smallest absolute Gasteiger partial charge is 0.242 e. The first kappa shape index (κ1) is 8.15. The quantitative estimate of drug-likeness (QED) is 0.666. The lowest BCUT2D eigenvalue weighted by Crippen LogP contribution is -2.30. The summed E-state index contributed by atoms with van der Waals surface area (Å²) in [7, 11) is 0. The van der Waals surface area contributed by atoms with E-state index in [0.29, 0.717) is 11.9 Å². The Morgan fingerprint density at radius 2 is 2.46 bits per heavy atom. The topological polar surface area (TPSA) is 72.7 Å². The second-order valence-electron chi connectivity index (χ2n) is 3.23. The van der Waals surface area contributed by atoms with Crippen molar-refractivity contribution < 1.29 is 4.79 Å². The van der Waals surface area contributed by atoms with Gasteiger partial charge in [0, 0.05) is 6.04 Å². The number of nitrogens with one attached hydrogen (secondary N) is 1. The van der Waals surface area contributed by atoms with Gasteiger partial charge in [0.25, 0.3) is 0 Å². The lowest BCUT2D eigenvalue weighted by molar-refractivity contribution is -0.122. The van der Waals surface area contributed by atoms with Crippen LogP contribution < -0.4 is 5.32 Å². The van der Waals surface area contributed by atoms with Crippen molar-refractivity contribution in [2.75, 3.05) is 0 Å². The highest BCUT2D eigenvalue weighted by Gasteiger charge is 2.23. The lowest BCUT2D eigenvalue weighted by Gasteiger charge is -2.02. The molecule has 70 valence electrons. The minimum atomic E-state index is -0.0158. The summed E-state index contributed by atoms with van der Waals surface area (Å²) in [4.78, 5) is 11.3. The van der Waals surface area contributed by atoms with Crippen LogP contribution in [0.2, 0.25) is 0 Å². The van der Waals surface area contributed by atoms with Crippen molar-refractivity contribution in [1.82, 2.24) is 25.5 Å². The van der Waals surface area contributed by atoms with Crippen LogP contribution in [0.5, 0.6) is 0 Å². The number of carbonyl (C=O) groups is 1. The van der Waals surface area contributed by atoms with Crippen molar-refractivity contribution in [3.05, 3.63) is 5.82 Å². The molecule has 0 unspecified atom stereocenters. The van der Waals surface area contributed by atoms with Crippen molar-refractivity contribution in [3.63, 3.8) is 0 Å². The fourth-order valence-corrected chi connectivity index (χ4v) is 1.03. The largest absolute Gasteiger partial charge is 0.352 e. The number of aromatic nitrogens is 4. The van der Waals surface area contributed by atoms with Gasteiger partial charge in [-0.1, -0.05) is 0 Å². The summed E-state index contributed by atoms with van der Waals surface area (Å²) >= 11 is 0. The number of hydrogen-bond donors (Lipinski definition) is 1. The van der Waals surface area contributed by atoms with Crippen LogP contribution in [0.4, 0.5) is 0 Å². The molecule has 0 bridgehead atoms. The normalized spacial score (nSPS) is 15.8. The fraction of sp³-hybridized carbons (Fsp3) is 0.714. The third-order valence-corrected chi connectivity index (χ3v) is 1.95. The third kappa shape index (κ3) is 2.01. The van der Waals surface area contributed by atoms with Gasteiger partial charge in [0.1, 0.15) is 12.4 Å². The standard InChI is InChI=1S/C7H11N5O/c1-5-9-10-11-12(5)4-7(13)8-6-2-3-6/h6H,2-4H2,1H3,(H,8,13). The highest BCUT2D eigenvalue weighted by atomic mass is 16.2. The average molecular weight is 181 g/mol. The highest BCUT2D eigenvalue weighted by Crippen LogP contribution is 2.18. The van der Waals surface area contributed by atoms with Crippen LogP contribution >= 0.6 is 0 Å². The molecule has 1 heterocycles. The monoisotopic (exact) mass is 181 g/mol. The number of aryl methyl sites for hydroxylation is 1. The Balaban J connectivity index is 1.89. The molecule has 6 heteroatoms. The second kappa shape index (κ2) is 3.12. The molecule has 2 rings (SSSR count). The Hall–Kier alpha value is -1.46. The first-order valence-corrected chi connectivity index (χ1v) is 4.28. The molecule has 1 aliphatic carbocycles. The van der Waals surface area contributed by atoms with Crippen molar-refractivity contribution >= 4 is 5.91 Å². The molecule has 1 fully saturated rings. The highest BCUT2D eigenvalue weighted by molar-refractivity contribution is 5.76. The van der Waals surface area contributed by atoms with Gasteiger partial charge in [0.05, 0.1) is 0 Å². The first-order valence-electron chi connectivity index (χ1n) is 4.28. The molecule has 0 saturated heterocycles. The number of tetrazole rings is 1. The first-order chi connectivity index (χ1) is 6.25. The van der Waals surface area contributed by atoms with E-state index in [1.807, 2.05) is 0 Å². The van der Waals surface area contributed by atoms with Gasteiger partial charge in [-0.2, -0.15) is 0 Å². The Morgan fingerprint density at radius 1 is 1.69 bits per heavy atom. The number of rotatable bonds is 3. The van der Waals surface area contributed by atoms with Crippen LogP contribution in [0.15, 0.2) is 0 Å². The second-order valence-corrected chi connectivity index (χ2v) is 3.23. The van der Waals surface area contributed by atoms with E-state index in [1.54, 1.807) is 6.92 Å². The molecule has 0 radical (unpaired) electrons. The van der Waals surface area contributed by atoms with Gasteiger partial charge in [0.15, 0.2) is 0 Å². The van der Waals surface area contributed by atoms with E-state index in [1.165, 1.54) is 4.68 Å². The van der Waals surface area contributed by atoms with Crippen molar-refractivity contribution in [2.24, 2.45) is 0 Å². The Morgan fingerprint density at radius 3 is 3.00 bits per heavy atom. The van der Waals surface area contributed by atoms with E-state index in [4.69, 9.17) is 0 Å². The summed E-state index contributed by atoms with van der Waals surface area (Å²) in [5.41, 5.74) is 0. The van der Waals surface area contributed by atoms with E-state index in [2.05, 4.69) is 20.8 Å². The van der Waals surface area contributed by atoms with E-state index < -0.39 is 0 Å². The van der Waals surface area contributed by atoms with E-state index in [0.717, 1.165) is 12.8 Å². The van der Waals surface area contributed by atoms with Crippen LogP contribution in [0.3, 0.4) is 0 Å². The fourth-order valence-electron chi connectivity index (χ4n) is 1.03. The Bertz CT molecular complexity index is 316. The minimum Gasteiger partial charge on any atom is -0.352 e. The summed E-state index contributed by atoms with van der Waals surface area (Å²) in [6.07, 6.45) is 2.20. The van der Waals surface area contributed by atoms with E-state index in [-0.39, 0.29) is 12.5 Å². The molecule has 0 aromatic carbocycles. The summed E-state index contributed by atoms with van der Waals surface area (Å²) in [6, 6.07) is 0.393. The van der Waals surface area contributed by atoms with Gasteiger partial charge in [0.2, 0.25) is 5.91 Å². The molecule has 13 heavy (non-hydrogen) atoms. The SMILES string of the molecule is Cc1nnnn1CC(=O)NC1CC1. The third-order valence-electron chi connectivity index (χ3n) is 1.95. The molecular weight excluding hydrogens is 170 g/mol. The maximum absolute atomic E-state index is 11.3. The predicted octanol–water partition coefficient (Wildman–Crippen LogP) is -0.740. The van der Waals surface area contributed by atoms with Crippen molar-refractivity contribution in [2.45, 2.75) is 32.4 Å². The molecule has 6 nitrogen and oxygen atoms in total. The van der Waals surface area contributed by atoms with E-state index >= 15 is 0 Å². The Labute approximate surface area is 75.3 Å². The van der Waals surface area contributed by atoms with Gasteiger partial charge in [-0.15, -0.1) is 5.10 Å². The van der Waals surface area contributed by atoms with Crippen LogP contribution in [0, 0.1) is 6.92 Å². The molecule has 1 saturated carbocycles. The average Bonchev–Trinajstić information content (AvgIpc) is 2.79. The maximum Gasteiger partial charge on any atom is 0.242 e. The van der Waals surface area contributed by atoms with Gasteiger partial charge < -0.3 is 5.32 Å². The molecule has 1 N–H and O–H groups in total. The number of nitrogens with zero attached hydrogens (tertiary/aromatic N) is 4. The minimum absolute atomic E-state index is 0.0158. The van der Waals surface area contributed by atoms with Gasteiger partial charge in [-0.05, 0) is 30.2 Å². The number of amides is 1. The summed E-state index contributed by atoms with van der Waals surface area (Å²) in [6.45, 7) is 1.99. The zero-order valence-corrected chi connectivity index (χ0v) is 7.40. The zero-order valence-electron chi connectivity index (χ0n) is 7.40. The zero-order chi connectivity index (χ0) is 9.26. The molecule has 1 aromatic heterocycles. The predicted molar refractivity (Wildman–Crippen MR) is 43.7 cm³/mol. The molecule has 1 aromatic rings. The van der Waals surface area contributed by atoms with Crippen molar-refractivity contribution in [3.8, 4) is 0 Å². The molecule has 1 amide bonds. The van der Waals surface area contributed by atoms with Gasteiger partial charge in [-0.25, -0.2) is 4.68 Å².